The summed E-state index contributed by atoms with van der Waals surface area (Å²) in [5.74, 6) is 0.174. The van der Waals surface area contributed by atoms with Gasteiger partial charge in [0.15, 0.2) is 0 Å². The van der Waals surface area contributed by atoms with Crippen molar-refractivity contribution in [3.05, 3.63) is 27.9 Å². The minimum absolute atomic E-state index is 0.105. The van der Waals surface area contributed by atoms with Gasteiger partial charge in [0.25, 0.3) is 5.91 Å². The Bertz CT molecular complexity index is 656. The zero-order valence-electron chi connectivity index (χ0n) is 15.4. The molecule has 0 atom stereocenters. The Morgan fingerprint density at radius 2 is 1.96 bits per heavy atom. The smallest absolute Gasteiger partial charge is 0.345 e. The first kappa shape index (κ1) is 18.1. The van der Waals surface area contributed by atoms with Gasteiger partial charge in [-0.25, -0.2) is 4.79 Å². The van der Waals surface area contributed by atoms with Crippen LogP contribution in [-0.2, 0) is 6.42 Å². The third kappa shape index (κ3) is 4.29. The summed E-state index contributed by atoms with van der Waals surface area (Å²) in [7, 11) is 0. The van der Waals surface area contributed by atoms with Gasteiger partial charge in [-0.1, -0.05) is 26.7 Å². The highest BCUT2D eigenvalue weighted by molar-refractivity contribution is 5.92. The maximum absolute atomic E-state index is 12.6. The number of aromatic amines is 1. The molecule has 1 saturated heterocycles. The first-order valence-corrected chi connectivity index (χ1v) is 9.62. The molecule has 0 bridgehead atoms. The van der Waals surface area contributed by atoms with Crippen LogP contribution in [0.4, 0.5) is 0 Å². The van der Waals surface area contributed by atoms with Gasteiger partial charge in [0.2, 0.25) is 0 Å². The zero-order valence-corrected chi connectivity index (χ0v) is 15.4. The molecule has 2 aliphatic rings. The van der Waals surface area contributed by atoms with Gasteiger partial charge in [0.05, 0.1) is 0 Å². The summed E-state index contributed by atoms with van der Waals surface area (Å²) in [6.07, 6.45) is 8.00. The molecular weight excluding hydrogens is 316 g/mol. The summed E-state index contributed by atoms with van der Waals surface area (Å²) >= 11 is 0. The fourth-order valence-electron chi connectivity index (χ4n) is 4.34. The van der Waals surface area contributed by atoms with Gasteiger partial charge < -0.3 is 10.3 Å². The molecule has 6 nitrogen and oxygen atoms in total. The number of aromatic nitrogens is 2. The number of H-pyrrole nitrogens is 1. The van der Waals surface area contributed by atoms with Crippen molar-refractivity contribution < 1.29 is 4.79 Å². The summed E-state index contributed by atoms with van der Waals surface area (Å²) in [5, 5.41) is 3.07. The molecule has 1 aliphatic heterocycles. The Kier molecular flexibility index (Phi) is 5.57. The Balaban J connectivity index is 1.69. The van der Waals surface area contributed by atoms with Crippen molar-refractivity contribution in [2.24, 2.45) is 5.92 Å². The third-order valence-electron chi connectivity index (χ3n) is 5.55. The number of carbonyl (C=O) groups is 1. The van der Waals surface area contributed by atoms with Gasteiger partial charge in [-0.15, -0.1) is 0 Å². The number of carbonyl (C=O) groups excluding carboxylic acids is 1. The average Bonchev–Trinajstić information content (AvgIpc) is 3.23. The summed E-state index contributed by atoms with van der Waals surface area (Å²) in [5.41, 5.74) is 0.663. The van der Waals surface area contributed by atoms with Gasteiger partial charge >= 0.3 is 5.69 Å². The summed E-state index contributed by atoms with van der Waals surface area (Å²) in [6.45, 7) is 7.09. The van der Waals surface area contributed by atoms with Crippen LogP contribution in [0.25, 0.3) is 0 Å². The van der Waals surface area contributed by atoms with Gasteiger partial charge in [-0.05, 0) is 57.2 Å². The Hall–Kier alpha value is -1.69. The molecule has 0 unspecified atom stereocenters. The van der Waals surface area contributed by atoms with Crippen molar-refractivity contribution in [2.45, 2.75) is 64.3 Å². The van der Waals surface area contributed by atoms with Crippen LogP contribution in [0.5, 0.6) is 0 Å². The molecule has 138 valence electrons. The second-order valence-electron chi connectivity index (χ2n) is 8.00. The van der Waals surface area contributed by atoms with E-state index in [4.69, 9.17) is 0 Å². The maximum atomic E-state index is 12.6. The van der Waals surface area contributed by atoms with Crippen molar-refractivity contribution in [3.8, 4) is 0 Å². The third-order valence-corrected chi connectivity index (χ3v) is 5.55. The van der Waals surface area contributed by atoms with Crippen molar-refractivity contribution in [1.29, 1.82) is 0 Å². The van der Waals surface area contributed by atoms with E-state index in [1.165, 1.54) is 25.7 Å². The zero-order chi connectivity index (χ0) is 17.9. The molecule has 0 aromatic carbocycles. The van der Waals surface area contributed by atoms with E-state index in [0.717, 1.165) is 38.0 Å². The first-order chi connectivity index (χ1) is 12.0. The van der Waals surface area contributed by atoms with Gasteiger partial charge in [0.1, 0.15) is 5.69 Å². The predicted molar refractivity (Wildman–Crippen MR) is 97.7 cm³/mol. The van der Waals surface area contributed by atoms with E-state index in [1.807, 2.05) is 0 Å². The van der Waals surface area contributed by atoms with Crippen molar-refractivity contribution >= 4 is 5.91 Å². The highest BCUT2D eigenvalue weighted by Gasteiger charge is 2.40. The molecule has 1 aromatic heterocycles. The maximum Gasteiger partial charge on any atom is 0.345 e. The molecule has 1 amide bonds. The molecule has 0 radical (unpaired) electrons. The fourth-order valence-corrected chi connectivity index (χ4v) is 4.34. The minimum Gasteiger partial charge on any atom is -0.349 e. The van der Waals surface area contributed by atoms with Crippen LogP contribution in [-0.4, -0.2) is 45.9 Å². The predicted octanol–water partition coefficient (Wildman–Crippen LogP) is 2.11. The van der Waals surface area contributed by atoms with Crippen LogP contribution in [0.3, 0.4) is 0 Å². The lowest BCUT2D eigenvalue weighted by Gasteiger charge is -2.39. The second kappa shape index (κ2) is 7.68. The molecule has 2 N–H and O–H groups in total. The fraction of sp³-hybridized carbons (Fsp3) is 0.737. The van der Waals surface area contributed by atoms with E-state index in [0.29, 0.717) is 12.5 Å². The summed E-state index contributed by atoms with van der Waals surface area (Å²) < 4.78 is 0. The molecular formula is C19H30N4O2. The number of nitrogens with one attached hydrogen (secondary N) is 2. The Morgan fingerprint density at radius 1 is 1.28 bits per heavy atom. The van der Waals surface area contributed by atoms with E-state index in [9.17, 15) is 9.59 Å². The topological polar surface area (TPSA) is 78.1 Å². The Morgan fingerprint density at radius 3 is 2.60 bits per heavy atom. The quantitative estimate of drug-likeness (QED) is 0.827. The molecule has 3 rings (SSSR count). The van der Waals surface area contributed by atoms with E-state index >= 15 is 0 Å². The second-order valence-corrected chi connectivity index (χ2v) is 8.00. The largest absolute Gasteiger partial charge is 0.349 e. The number of rotatable bonds is 6. The minimum atomic E-state index is -0.446. The lowest BCUT2D eigenvalue weighted by atomic mass is 9.95. The number of hydrogen-bond donors (Lipinski definition) is 2. The monoisotopic (exact) mass is 346 g/mol. The standard InChI is InChI=1S/C19H30N4O2/c1-14(2)11-15-12-16(22-18(25)21-15)17(24)20-13-19(7-3-4-8-19)23-9-5-6-10-23/h12,14H,3-11,13H2,1-2H3,(H,20,24)(H,21,22,25). The molecule has 25 heavy (non-hydrogen) atoms. The molecule has 6 heteroatoms. The number of nitrogens with zero attached hydrogens (tertiary/aromatic N) is 2. The molecule has 1 saturated carbocycles. The number of hydrogen-bond acceptors (Lipinski definition) is 4. The summed E-state index contributed by atoms with van der Waals surface area (Å²) in [6, 6.07) is 1.72. The normalized spacial score (nSPS) is 20.3. The lowest BCUT2D eigenvalue weighted by molar-refractivity contribution is 0.0855. The van der Waals surface area contributed by atoms with Crippen molar-refractivity contribution in [2.75, 3.05) is 19.6 Å². The van der Waals surface area contributed by atoms with E-state index < -0.39 is 5.69 Å². The van der Waals surface area contributed by atoms with Crippen LogP contribution < -0.4 is 11.0 Å². The first-order valence-electron chi connectivity index (χ1n) is 9.62. The number of amides is 1. The van der Waals surface area contributed by atoms with E-state index in [-0.39, 0.29) is 17.1 Å². The summed E-state index contributed by atoms with van der Waals surface area (Å²) in [4.78, 5) is 33.5. The van der Waals surface area contributed by atoms with Crippen LogP contribution in [0.15, 0.2) is 10.9 Å². The molecule has 2 fully saturated rings. The van der Waals surface area contributed by atoms with Crippen LogP contribution >= 0.6 is 0 Å². The SMILES string of the molecule is CC(C)Cc1cc(C(=O)NCC2(N3CCCC3)CCCC2)nc(=O)[nH]1. The number of likely N-dealkylation sites (tertiary alicyclic amines) is 1. The van der Waals surface area contributed by atoms with E-state index in [2.05, 4.69) is 34.0 Å². The molecule has 0 spiro atoms. The van der Waals surface area contributed by atoms with Gasteiger partial charge in [-0.2, -0.15) is 4.98 Å². The lowest BCUT2D eigenvalue weighted by Crippen LogP contribution is -2.53. The molecule has 1 aromatic rings. The highest BCUT2D eigenvalue weighted by atomic mass is 16.2. The van der Waals surface area contributed by atoms with Crippen molar-refractivity contribution in [1.82, 2.24) is 20.2 Å². The van der Waals surface area contributed by atoms with Crippen molar-refractivity contribution in [3.63, 3.8) is 0 Å². The highest BCUT2D eigenvalue weighted by Crippen LogP contribution is 2.36. The van der Waals surface area contributed by atoms with Crippen LogP contribution in [0, 0.1) is 5.92 Å². The van der Waals surface area contributed by atoms with Crippen LogP contribution in [0.1, 0.15) is 68.6 Å². The molecule has 1 aliphatic carbocycles. The van der Waals surface area contributed by atoms with Gasteiger partial charge in [-0.3, -0.25) is 9.69 Å². The Labute approximate surface area is 149 Å². The van der Waals surface area contributed by atoms with E-state index in [1.54, 1.807) is 6.07 Å². The van der Waals surface area contributed by atoms with Crippen LogP contribution in [0.2, 0.25) is 0 Å². The average molecular weight is 346 g/mol. The molecule has 2 heterocycles. The van der Waals surface area contributed by atoms with Gasteiger partial charge in [0, 0.05) is 17.8 Å².